The molecule has 0 aromatic heterocycles. The Balaban J connectivity index is 2.16. The number of piperidine rings is 1. The highest BCUT2D eigenvalue weighted by molar-refractivity contribution is 14.1. The second-order valence-electron chi connectivity index (χ2n) is 6.24. The van der Waals surface area contributed by atoms with Gasteiger partial charge in [-0.15, -0.1) is 0 Å². The van der Waals surface area contributed by atoms with E-state index in [1.54, 1.807) is 0 Å². The molecule has 1 unspecified atom stereocenters. The first-order valence-electron chi connectivity index (χ1n) is 7.12. The minimum Gasteiger partial charge on any atom is -0.444 e. The molecule has 1 aromatic carbocycles. The molecule has 110 valence electrons. The number of benzene rings is 1. The van der Waals surface area contributed by atoms with Gasteiger partial charge in [-0.2, -0.15) is 0 Å². The van der Waals surface area contributed by atoms with E-state index in [9.17, 15) is 4.79 Å². The van der Waals surface area contributed by atoms with Crippen LogP contribution in [0.25, 0.3) is 0 Å². The highest BCUT2D eigenvalue weighted by atomic mass is 127. The van der Waals surface area contributed by atoms with Gasteiger partial charge in [0.2, 0.25) is 0 Å². The van der Waals surface area contributed by atoms with Crippen molar-refractivity contribution in [1.29, 1.82) is 0 Å². The molecule has 0 spiro atoms. The lowest BCUT2D eigenvalue weighted by Gasteiger charge is -2.37. The third kappa shape index (κ3) is 4.11. The predicted molar refractivity (Wildman–Crippen MR) is 88.7 cm³/mol. The van der Waals surface area contributed by atoms with Crippen molar-refractivity contribution in [3.8, 4) is 0 Å². The molecule has 1 aliphatic rings. The van der Waals surface area contributed by atoms with Crippen LogP contribution in [0.1, 0.15) is 51.6 Å². The van der Waals surface area contributed by atoms with Gasteiger partial charge in [0, 0.05) is 10.1 Å². The zero-order valence-corrected chi connectivity index (χ0v) is 14.5. The lowest BCUT2D eigenvalue weighted by atomic mass is 9.96. The summed E-state index contributed by atoms with van der Waals surface area (Å²) in [6.45, 7) is 6.52. The number of likely N-dealkylation sites (tertiary alicyclic amines) is 1. The number of amides is 1. The molecule has 0 radical (unpaired) electrons. The SMILES string of the molecule is CC(C)(C)OC(=O)N1CCCCC1c1ccc(I)cc1. The molecule has 2 rings (SSSR count). The van der Waals surface area contributed by atoms with E-state index in [0.717, 1.165) is 25.8 Å². The van der Waals surface area contributed by atoms with E-state index in [2.05, 4.69) is 46.9 Å². The van der Waals surface area contributed by atoms with E-state index in [1.165, 1.54) is 9.13 Å². The molecule has 20 heavy (non-hydrogen) atoms. The Morgan fingerprint density at radius 1 is 1.25 bits per heavy atom. The van der Waals surface area contributed by atoms with Crippen molar-refractivity contribution < 1.29 is 9.53 Å². The fraction of sp³-hybridized carbons (Fsp3) is 0.562. The van der Waals surface area contributed by atoms with Gasteiger partial charge in [0.1, 0.15) is 5.60 Å². The Morgan fingerprint density at radius 2 is 1.90 bits per heavy atom. The smallest absolute Gasteiger partial charge is 0.410 e. The lowest BCUT2D eigenvalue weighted by molar-refractivity contribution is 0.00951. The Bertz CT molecular complexity index is 464. The van der Waals surface area contributed by atoms with E-state index in [0.29, 0.717) is 0 Å². The second-order valence-corrected chi connectivity index (χ2v) is 7.48. The van der Waals surface area contributed by atoms with Crippen LogP contribution < -0.4 is 0 Å². The van der Waals surface area contributed by atoms with Gasteiger partial charge < -0.3 is 9.64 Å². The van der Waals surface area contributed by atoms with Gasteiger partial charge >= 0.3 is 6.09 Å². The molecular formula is C16H22INO2. The molecule has 3 nitrogen and oxygen atoms in total. The summed E-state index contributed by atoms with van der Waals surface area (Å²) in [7, 11) is 0. The van der Waals surface area contributed by atoms with Gasteiger partial charge in [-0.1, -0.05) is 12.1 Å². The first kappa shape index (κ1) is 15.6. The molecule has 1 atom stereocenters. The zero-order valence-electron chi connectivity index (χ0n) is 12.4. The van der Waals surface area contributed by atoms with E-state index < -0.39 is 5.60 Å². The topological polar surface area (TPSA) is 29.5 Å². The fourth-order valence-corrected chi connectivity index (χ4v) is 2.86. The average molecular weight is 387 g/mol. The van der Waals surface area contributed by atoms with Gasteiger partial charge in [0.05, 0.1) is 6.04 Å². The monoisotopic (exact) mass is 387 g/mol. The van der Waals surface area contributed by atoms with E-state index in [1.807, 2.05) is 25.7 Å². The van der Waals surface area contributed by atoms with Crippen molar-refractivity contribution >= 4 is 28.7 Å². The average Bonchev–Trinajstić information content (AvgIpc) is 2.38. The van der Waals surface area contributed by atoms with Crippen molar-refractivity contribution in [1.82, 2.24) is 4.90 Å². The number of halogens is 1. The second kappa shape index (κ2) is 6.33. The number of hydrogen-bond donors (Lipinski definition) is 0. The Labute approximate surface area is 134 Å². The fourth-order valence-electron chi connectivity index (χ4n) is 2.50. The molecule has 0 N–H and O–H groups in total. The van der Waals surface area contributed by atoms with Crippen LogP contribution in [0, 0.1) is 3.57 Å². The number of carbonyl (C=O) groups is 1. The van der Waals surface area contributed by atoms with Gasteiger partial charge in [0.25, 0.3) is 0 Å². The first-order valence-corrected chi connectivity index (χ1v) is 8.20. The summed E-state index contributed by atoms with van der Waals surface area (Å²) in [4.78, 5) is 14.3. The van der Waals surface area contributed by atoms with E-state index in [-0.39, 0.29) is 12.1 Å². The van der Waals surface area contributed by atoms with Gasteiger partial charge in [-0.25, -0.2) is 4.79 Å². The highest BCUT2D eigenvalue weighted by Crippen LogP contribution is 2.32. The normalized spacial score (nSPS) is 19.8. The quantitative estimate of drug-likeness (QED) is 0.651. The maximum absolute atomic E-state index is 12.4. The molecule has 1 aliphatic heterocycles. The first-order chi connectivity index (χ1) is 9.37. The Kier molecular flexibility index (Phi) is 4.94. The molecule has 0 bridgehead atoms. The highest BCUT2D eigenvalue weighted by Gasteiger charge is 2.31. The number of nitrogens with zero attached hydrogens (tertiary/aromatic N) is 1. The van der Waals surface area contributed by atoms with Gasteiger partial charge in [-0.3, -0.25) is 0 Å². The molecule has 0 aliphatic carbocycles. The van der Waals surface area contributed by atoms with Crippen LogP contribution in [-0.4, -0.2) is 23.1 Å². The van der Waals surface area contributed by atoms with Crippen molar-refractivity contribution in [3.05, 3.63) is 33.4 Å². The minimum atomic E-state index is -0.439. The number of ether oxygens (including phenoxy) is 1. The van der Waals surface area contributed by atoms with Crippen molar-refractivity contribution in [2.75, 3.05) is 6.54 Å². The largest absolute Gasteiger partial charge is 0.444 e. The molecule has 1 aromatic rings. The summed E-state index contributed by atoms with van der Waals surface area (Å²) in [5.41, 5.74) is 0.765. The third-order valence-electron chi connectivity index (χ3n) is 3.39. The van der Waals surface area contributed by atoms with Crippen LogP contribution in [0.3, 0.4) is 0 Å². The van der Waals surface area contributed by atoms with E-state index >= 15 is 0 Å². The third-order valence-corrected chi connectivity index (χ3v) is 4.10. The van der Waals surface area contributed by atoms with Crippen molar-refractivity contribution in [2.24, 2.45) is 0 Å². The molecule has 4 heteroatoms. The Hall–Kier alpha value is -0.780. The van der Waals surface area contributed by atoms with Gasteiger partial charge in [-0.05, 0) is 80.3 Å². The standard InChI is InChI=1S/C16H22INO2/c1-16(2,3)20-15(19)18-11-5-4-6-14(18)12-7-9-13(17)10-8-12/h7-10,14H,4-6,11H2,1-3H3. The molecule has 1 fully saturated rings. The zero-order chi connectivity index (χ0) is 14.8. The summed E-state index contributed by atoms with van der Waals surface area (Å²) in [5.74, 6) is 0. The molecular weight excluding hydrogens is 365 g/mol. The van der Waals surface area contributed by atoms with Crippen molar-refractivity contribution in [2.45, 2.75) is 51.7 Å². The molecule has 1 amide bonds. The number of hydrogen-bond acceptors (Lipinski definition) is 2. The van der Waals surface area contributed by atoms with Crippen LogP contribution >= 0.6 is 22.6 Å². The van der Waals surface area contributed by atoms with Crippen LogP contribution in [0.5, 0.6) is 0 Å². The van der Waals surface area contributed by atoms with Crippen molar-refractivity contribution in [3.63, 3.8) is 0 Å². The predicted octanol–water partition coefficient (Wildman–Crippen LogP) is 4.75. The summed E-state index contributed by atoms with van der Waals surface area (Å²) in [6.07, 6.45) is 3.04. The summed E-state index contributed by atoms with van der Waals surface area (Å²) in [5, 5.41) is 0. The summed E-state index contributed by atoms with van der Waals surface area (Å²) >= 11 is 2.30. The molecule has 1 heterocycles. The summed E-state index contributed by atoms with van der Waals surface area (Å²) in [6, 6.07) is 8.58. The lowest BCUT2D eigenvalue weighted by Crippen LogP contribution is -2.41. The van der Waals surface area contributed by atoms with Crippen LogP contribution in [0.2, 0.25) is 0 Å². The summed E-state index contributed by atoms with van der Waals surface area (Å²) < 4.78 is 6.75. The molecule has 0 saturated carbocycles. The van der Waals surface area contributed by atoms with Gasteiger partial charge in [0.15, 0.2) is 0 Å². The van der Waals surface area contributed by atoms with E-state index in [4.69, 9.17) is 4.74 Å². The minimum absolute atomic E-state index is 0.149. The molecule has 1 saturated heterocycles. The van der Waals surface area contributed by atoms with Crippen LogP contribution in [0.15, 0.2) is 24.3 Å². The Morgan fingerprint density at radius 3 is 2.50 bits per heavy atom. The maximum Gasteiger partial charge on any atom is 0.410 e. The maximum atomic E-state index is 12.4. The van der Waals surface area contributed by atoms with Crippen LogP contribution in [0.4, 0.5) is 4.79 Å². The van der Waals surface area contributed by atoms with Crippen LogP contribution in [-0.2, 0) is 4.74 Å². The number of carbonyl (C=O) groups excluding carboxylic acids is 1. The number of rotatable bonds is 1.